The Morgan fingerprint density at radius 1 is 1.00 bits per heavy atom. The predicted molar refractivity (Wildman–Crippen MR) is 176 cm³/mol. The van der Waals surface area contributed by atoms with E-state index in [1.807, 2.05) is 36.4 Å². The lowest BCUT2D eigenvalue weighted by molar-refractivity contribution is 0.199. The van der Waals surface area contributed by atoms with Gasteiger partial charge in [0.25, 0.3) is 0 Å². The van der Waals surface area contributed by atoms with Gasteiger partial charge in [0, 0.05) is 61.1 Å². The molecule has 2 amide bonds. The molecule has 1 fully saturated rings. The molecule has 0 saturated carbocycles. The number of para-hydroxylation sites is 1. The number of carbonyl (C=O) groups is 1. The maximum absolute atomic E-state index is 14.3. The molecule has 0 aliphatic carbocycles. The largest absolute Gasteiger partial charge is 0.494 e. The highest BCUT2D eigenvalue weighted by molar-refractivity contribution is 7.92. The number of rotatable bonds is 10. The molecule has 0 spiro atoms. The zero-order chi connectivity index (χ0) is 31.1. The highest BCUT2D eigenvalue weighted by Crippen LogP contribution is 2.28. The number of hydrogen-bond acceptors (Lipinski definition) is 7. The van der Waals surface area contributed by atoms with Gasteiger partial charge in [0.15, 0.2) is 11.6 Å². The summed E-state index contributed by atoms with van der Waals surface area (Å²) in [5.41, 5.74) is 2.61. The van der Waals surface area contributed by atoms with E-state index in [-0.39, 0.29) is 30.2 Å². The van der Waals surface area contributed by atoms with Crippen molar-refractivity contribution in [3.8, 4) is 17.4 Å². The number of nitrogens with zero attached hydrogens (tertiary/aromatic N) is 3. The van der Waals surface area contributed by atoms with Gasteiger partial charge in [-0.15, -0.1) is 12.4 Å². The number of anilines is 3. The molecule has 10 nitrogen and oxygen atoms in total. The second kappa shape index (κ2) is 15.1. The first-order valence-corrected chi connectivity index (χ1v) is 16.0. The number of ether oxygens (including phenoxy) is 2. The number of amides is 2. The Hall–Kier alpha value is -4.39. The minimum Gasteiger partial charge on any atom is -0.494 e. The molecule has 1 aliphatic heterocycles. The van der Waals surface area contributed by atoms with E-state index in [0.29, 0.717) is 29.5 Å². The summed E-state index contributed by atoms with van der Waals surface area (Å²) in [6.45, 7) is 2.27. The van der Waals surface area contributed by atoms with Gasteiger partial charge < -0.3 is 14.8 Å². The smallest absolute Gasteiger partial charge is 0.326 e. The van der Waals surface area contributed by atoms with Crippen LogP contribution in [0.4, 0.5) is 26.2 Å². The zero-order valence-electron chi connectivity index (χ0n) is 24.9. The molecule has 1 aliphatic rings. The van der Waals surface area contributed by atoms with Gasteiger partial charge in [-0.25, -0.2) is 22.6 Å². The van der Waals surface area contributed by atoms with E-state index < -0.39 is 15.8 Å². The summed E-state index contributed by atoms with van der Waals surface area (Å²) in [5.74, 6) is 0.536. The van der Waals surface area contributed by atoms with Crippen molar-refractivity contribution in [3.05, 3.63) is 103 Å². The SMILES string of the molecule is COc1ccc(NC(=O)N(c2ccccc2)C2CCN(Cc3ccc(Oc4ccc(NS(C)(=O)=O)cc4)nc3)CC2)cc1F.Cl. The van der Waals surface area contributed by atoms with Crippen molar-refractivity contribution in [2.45, 2.75) is 25.4 Å². The average molecular weight is 656 g/mol. The number of benzene rings is 3. The monoisotopic (exact) mass is 655 g/mol. The van der Waals surface area contributed by atoms with Crippen LogP contribution in [0.2, 0.25) is 0 Å². The summed E-state index contributed by atoms with van der Waals surface area (Å²) in [6, 6.07) is 23.8. The second-order valence-electron chi connectivity index (χ2n) is 10.5. The summed E-state index contributed by atoms with van der Waals surface area (Å²) >= 11 is 0. The van der Waals surface area contributed by atoms with Gasteiger partial charge in [-0.3, -0.25) is 14.5 Å². The number of sulfonamides is 1. The third-order valence-corrected chi connectivity index (χ3v) is 7.77. The number of nitrogens with one attached hydrogen (secondary N) is 2. The molecular weight excluding hydrogens is 621 g/mol. The van der Waals surface area contributed by atoms with Crippen LogP contribution >= 0.6 is 12.4 Å². The number of hydrogen-bond donors (Lipinski definition) is 2. The summed E-state index contributed by atoms with van der Waals surface area (Å²) in [5, 5.41) is 2.85. The fraction of sp³-hybridized carbons (Fsp3) is 0.250. The maximum Gasteiger partial charge on any atom is 0.326 e. The third kappa shape index (κ3) is 9.30. The zero-order valence-corrected chi connectivity index (χ0v) is 26.5. The molecule has 5 rings (SSSR count). The Labute approximate surface area is 268 Å². The van der Waals surface area contributed by atoms with E-state index in [2.05, 4.69) is 19.9 Å². The van der Waals surface area contributed by atoms with Crippen LogP contribution in [-0.2, 0) is 16.6 Å². The van der Waals surface area contributed by atoms with Gasteiger partial charge in [0.1, 0.15) is 5.75 Å². The lowest BCUT2D eigenvalue weighted by Gasteiger charge is -2.38. The number of halogens is 2. The first kappa shape index (κ1) is 33.5. The number of carbonyl (C=O) groups excluding carboxylic acids is 1. The molecule has 238 valence electrons. The summed E-state index contributed by atoms with van der Waals surface area (Å²) in [4.78, 5) is 22.0. The van der Waals surface area contributed by atoms with Gasteiger partial charge in [-0.1, -0.05) is 24.3 Å². The molecule has 1 aromatic heterocycles. The van der Waals surface area contributed by atoms with E-state index in [1.54, 1.807) is 47.5 Å². The molecule has 0 unspecified atom stereocenters. The Morgan fingerprint density at radius 2 is 1.69 bits per heavy atom. The van der Waals surface area contributed by atoms with E-state index in [9.17, 15) is 17.6 Å². The number of pyridine rings is 1. The molecule has 4 aromatic rings. The van der Waals surface area contributed by atoms with Crippen molar-refractivity contribution >= 4 is 45.5 Å². The Bertz CT molecular complexity index is 1670. The average Bonchev–Trinajstić information content (AvgIpc) is 3.00. The van der Waals surface area contributed by atoms with Crippen LogP contribution in [-0.4, -0.2) is 56.8 Å². The Morgan fingerprint density at radius 3 is 2.29 bits per heavy atom. The van der Waals surface area contributed by atoms with E-state index >= 15 is 0 Å². The fourth-order valence-corrected chi connectivity index (χ4v) is 5.66. The van der Waals surface area contributed by atoms with Gasteiger partial charge in [0.05, 0.1) is 13.4 Å². The number of aromatic nitrogens is 1. The highest BCUT2D eigenvalue weighted by atomic mass is 35.5. The number of piperidine rings is 1. The van der Waals surface area contributed by atoms with Crippen molar-refractivity contribution in [2.24, 2.45) is 0 Å². The van der Waals surface area contributed by atoms with Crippen LogP contribution < -0.4 is 24.4 Å². The lowest BCUT2D eigenvalue weighted by atomic mass is 10.0. The first-order valence-electron chi connectivity index (χ1n) is 14.1. The molecular formula is C32H35ClFN5O5S. The van der Waals surface area contributed by atoms with E-state index in [4.69, 9.17) is 9.47 Å². The van der Waals surface area contributed by atoms with Crippen LogP contribution in [0.3, 0.4) is 0 Å². The van der Waals surface area contributed by atoms with Crippen LogP contribution in [0.1, 0.15) is 18.4 Å². The third-order valence-electron chi connectivity index (χ3n) is 7.16. The molecule has 2 heterocycles. The van der Waals surface area contributed by atoms with E-state index in [0.717, 1.165) is 43.4 Å². The number of likely N-dealkylation sites (tertiary alicyclic amines) is 1. The quantitative estimate of drug-likeness (QED) is 0.200. The summed E-state index contributed by atoms with van der Waals surface area (Å²) in [7, 11) is -1.95. The second-order valence-corrected chi connectivity index (χ2v) is 12.2. The normalized spacial score (nSPS) is 13.8. The first-order chi connectivity index (χ1) is 21.2. The Kier molecular flexibility index (Phi) is 11.2. The highest BCUT2D eigenvalue weighted by Gasteiger charge is 2.29. The minimum atomic E-state index is -3.35. The molecule has 2 N–H and O–H groups in total. The van der Waals surface area contributed by atoms with Gasteiger partial charge in [-0.2, -0.15) is 0 Å². The Balaban J connectivity index is 0.00000461. The lowest BCUT2D eigenvalue weighted by Crippen LogP contribution is -2.49. The van der Waals surface area contributed by atoms with Gasteiger partial charge in [-0.05, 0) is 66.9 Å². The molecule has 0 atom stereocenters. The molecule has 45 heavy (non-hydrogen) atoms. The van der Waals surface area contributed by atoms with Crippen molar-refractivity contribution < 1.29 is 27.1 Å². The number of urea groups is 1. The van der Waals surface area contributed by atoms with Crippen molar-refractivity contribution in [2.75, 3.05) is 41.4 Å². The molecule has 13 heteroatoms. The van der Waals surface area contributed by atoms with Crippen molar-refractivity contribution in [3.63, 3.8) is 0 Å². The molecule has 1 saturated heterocycles. The predicted octanol–water partition coefficient (Wildman–Crippen LogP) is 6.52. The van der Waals surface area contributed by atoms with Gasteiger partial charge >= 0.3 is 6.03 Å². The van der Waals surface area contributed by atoms with Crippen LogP contribution in [0.15, 0.2) is 91.1 Å². The minimum absolute atomic E-state index is 0. The number of methoxy groups -OCH3 is 1. The van der Waals surface area contributed by atoms with Crippen LogP contribution in [0.25, 0.3) is 0 Å². The maximum atomic E-state index is 14.3. The van der Waals surface area contributed by atoms with E-state index in [1.165, 1.54) is 19.2 Å². The summed E-state index contributed by atoms with van der Waals surface area (Å²) < 4.78 is 50.2. The van der Waals surface area contributed by atoms with Gasteiger partial charge in [0.2, 0.25) is 15.9 Å². The van der Waals surface area contributed by atoms with Crippen molar-refractivity contribution in [1.82, 2.24) is 9.88 Å². The molecule has 0 bridgehead atoms. The fourth-order valence-electron chi connectivity index (χ4n) is 5.09. The summed E-state index contributed by atoms with van der Waals surface area (Å²) in [6.07, 6.45) is 4.40. The molecule has 0 radical (unpaired) electrons. The molecule has 3 aromatic carbocycles. The van der Waals surface area contributed by atoms with Crippen molar-refractivity contribution in [1.29, 1.82) is 0 Å². The van der Waals surface area contributed by atoms with Crippen LogP contribution in [0, 0.1) is 5.82 Å². The topological polar surface area (TPSA) is 113 Å². The standard InChI is InChI=1S/C32H34FN5O5S.ClH/c1-42-30-14-11-25(20-29(30)33)35-32(39)38(26-6-4-3-5-7-26)27-16-18-37(19-17-27)22-23-8-15-31(34-21-23)43-28-12-9-24(10-13-28)36-44(2,40)41;/h3-15,20-21,27,36H,16-19,22H2,1-2H3,(H,35,39);1H. The van der Waals surface area contributed by atoms with Crippen LogP contribution in [0.5, 0.6) is 17.4 Å².